The summed E-state index contributed by atoms with van der Waals surface area (Å²) in [4.78, 5) is 12.1. The summed E-state index contributed by atoms with van der Waals surface area (Å²) >= 11 is 1.65. The first-order valence-electron chi connectivity index (χ1n) is 6.67. The first kappa shape index (κ1) is 17.1. The quantitative estimate of drug-likeness (QED) is 0.442. The van der Waals surface area contributed by atoms with Crippen molar-refractivity contribution < 1.29 is 8.84 Å². The summed E-state index contributed by atoms with van der Waals surface area (Å²) in [5, 5.41) is 0.0425. The third-order valence-corrected chi connectivity index (χ3v) is 8.80. The van der Waals surface area contributed by atoms with E-state index in [-0.39, 0.29) is 10.5 Å². The summed E-state index contributed by atoms with van der Waals surface area (Å²) in [6, 6.07) is 1.42. The predicted octanol–water partition coefficient (Wildman–Crippen LogP) is 4.44. The van der Waals surface area contributed by atoms with E-state index in [4.69, 9.17) is 8.84 Å². The molecule has 0 unspecified atom stereocenters. The molecule has 0 atom stereocenters. The molecule has 0 spiro atoms. The fourth-order valence-electron chi connectivity index (χ4n) is 1.29. The van der Waals surface area contributed by atoms with Gasteiger partial charge >= 0.3 is 0 Å². The van der Waals surface area contributed by atoms with Crippen molar-refractivity contribution in [2.45, 2.75) is 44.7 Å². The van der Waals surface area contributed by atoms with Gasteiger partial charge in [-0.3, -0.25) is 4.79 Å². The Labute approximate surface area is 126 Å². The molecule has 0 saturated carbocycles. The molecule has 1 heterocycles. The fraction of sp³-hybridized carbons (Fsp3) is 0.533. The fourth-order valence-corrected chi connectivity index (χ4v) is 2.99. The smallest absolute Gasteiger partial charge is 0.250 e. The van der Waals surface area contributed by atoms with E-state index < -0.39 is 8.32 Å². The average molecular weight is 313 g/mol. The van der Waals surface area contributed by atoms with Crippen molar-refractivity contribution in [1.82, 2.24) is 0 Å². The van der Waals surface area contributed by atoms with Crippen LogP contribution in [0.5, 0.6) is 5.75 Å². The molecule has 0 saturated heterocycles. The van der Waals surface area contributed by atoms with E-state index in [2.05, 4.69) is 40.4 Å². The molecule has 0 bridgehead atoms. The molecule has 0 aliphatic carbocycles. The van der Waals surface area contributed by atoms with Crippen molar-refractivity contribution in [2.75, 3.05) is 5.75 Å². The van der Waals surface area contributed by atoms with Gasteiger partial charge in [0.05, 0.1) is 12.0 Å². The van der Waals surface area contributed by atoms with Crippen LogP contribution in [0.25, 0.3) is 0 Å². The zero-order valence-corrected chi connectivity index (χ0v) is 14.8. The Bertz CT molecular complexity index is 515. The van der Waals surface area contributed by atoms with Crippen molar-refractivity contribution in [3.05, 3.63) is 41.0 Å². The maximum atomic E-state index is 12.1. The van der Waals surface area contributed by atoms with Gasteiger partial charge in [-0.1, -0.05) is 26.8 Å². The van der Waals surface area contributed by atoms with Crippen molar-refractivity contribution in [3.63, 3.8) is 0 Å². The van der Waals surface area contributed by atoms with Crippen molar-refractivity contribution in [3.8, 4) is 5.75 Å². The minimum Gasteiger partial charge on any atom is -0.539 e. The van der Waals surface area contributed by atoms with E-state index in [9.17, 15) is 4.79 Å². The molecule has 20 heavy (non-hydrogen) atoms. The summed E-state index contributed by atoms with van der Waals surface area (Å²) < 4.78 is 11.6. The maximum absolute atomic E-state index is 12.1. The standard InChI is InChI=1S/C15H24O3SSi/c1-7-10-19-11-13-14(12(16)8-9-17-13)18-20(5,6)15(2,3)4/h7-9H,1,10-11H2,2-6H3. The van der Waals surface area contributed by atoms with Gasteiger partial charge in [0.1, 0.15) is 0 Å². The summed E-state index contributed by atoms with van der Waals surface area (Å²) in [6.07, 6.45) is 3.27. The Balaban J connectivity index is 3.04. The van der Waals surface area contributed by atoms with Crippen LogP contribution < -0.4 is 9.85 Å². The van der Waals surface area contributed by atoms with Crippen LogP contribution >= 0.6 is 11.8 Å². The minimum atomic E-state index is -2.05. The van der Waals surface area contributed by atoms with Crippen LogP contribution in [-0.2, 0) is 5.75 Å². The minimum absolute atomic E-state index is 0.0425. The number of hydrogen-bond donors (Lipinski definition) is 0. The molecular weight excluding hydrogens is 288 g/mol. The molecule has 112 valence electrons. The highest BCUT2D eigenvalue weighted by atomic mass is 32.2. The lowest BCUT2D eigenvalue weighted by atomic mass is 10.2. The van der Waals surface area contributed by atoms with Crippen molar-refractivity contribution >= 4 is 20.1 Å². The van der Waals surface area contributed by atoms with Gasteiger partial charge in [-0.15, -0.1) is 18.3 Å². The van der Waals surface area contributed by atoms with Gasteiger partial charge in [-0.25, -0.2) is 0 Å². The van der Waals surface area contributed by atoms with Gasteiger partial charge in [0.2, 0.25) is 5.43 Å². The third-order valence-electron chi connectivity index (χ3n) is 3.54. The van der Waals surface area contributed by atoms with Gasteiger partial charge in [-0.05, 0) is 18.1 Å². The molecule has 3 nitrogen and oxygen atoms in total. The van der Waals surface area contributed by atoms with Crippen molar-refractivity contribution in [1.29, 1.82) is 0 Å². The Morgan fingerprint density at radius 3 is 2.65 bits per heavy atom. The molecule has 0 N–H and O–H groups in total. The van der Waals surface area contributed by atoms with Crippen LogP contribution in [0.3, 0.4) is 0 Å². The molecule has 5 heteroatoms. The number of rotatable bonds is 6. The zero-order valence-electron chi connectivity index (χ0n) is 13.0. The summed E-state index contributed by atoms with van der Waals surface area (Å²) in [6.45, 7) is 14.4. The lowest BCUT2D eigenvalue weighted by Gasteiger charge is -2.36. The van der Waals surface area contributed by atoms with Crippen LogP contribution in [-0.4, -0.2) is 14.1 Å². The van der Waals surface area contributed by atoms with Gasteiger partial charge in [0.15, 0.2) is 11.5 Å². The maximum Gasteiger partial charge on any atom is 0.250 e. The van der Waals surface area contributed by atoms with E-state index in [0.717, 1.165) is 5.75 Å². The average Bonchev–Trinajstić information content (AvgIpc) is 2.32. The topological polar surface area (TPSA) is 39.4 Å². The molecular formula is C15H24O3SSi. The highest BCUT2D eigenvalue weighted by Gasteiger charge is 2.40. The molecule has 0 aromatic carbocycles. The first-order chi connectivity index (χ1) is 9.19. The SMILES string of the molecule is C=CCSCc1occc(=O)c1O[Si](C)(C)C(C)(C)C. The van der Waals surface area contributed by atoms with Gasteiger partial charge in [0, 0.05) is 11.8 Å². The van der Waals surface area contributed by atoms with E-state index in [0.29, 0.717) is 17.3 Å². The van der Waals surface area contributed by atoms with E-state index in [1.165, 1.54) is 12.3 Å². The second-order valence-electron chi connectivity index (χ2n) is 6.20. The second-order valence-corrected chi connectivity index (χ2v) is 12.0. The normalized spacial score (nSPS) is 12.2. The molecule has 0 fully saturated rings. The van der Waals surface area contributed by atoms with Crippen LogP contribution in [0, 0.1) is 0 Å². The molecule has 0 radical (unpaired) electrons. The van der Waals surface area contributed by atoms with Gasteiger partial charge in [-0.2, -0.15) is 0 Å². The second kappa shape index (κ2) is 6.67. The van der Waals surface area contributed by atoms with E-state index in [1.54, 1.807) is 11.8 Å². The molecule has 1 aromatic heterocycles. The Kier molecular flexibility index (Phi) is 5.71. The van der Waals surface area contributed by atoms with Crippen LogP contribution in [0.15, 0.2) is 34.2 Å². The highest BCUT2D eigenvalue weighted by molar-refractivity contribution is 7.98. The molecule has 0 aliphatic heterocycles. The van der Waals surface area contributed by atoms with E-state index in [1.807, 2.05) is 6.08 Å². The molecule has 0 amide bonds. The van der Waals surface area contributed by atoms with Gasteiger partial charge < -0.3 is 8.84 Å². The monoisotopic (exact) mass is 312 g/mol. The largest absolute Gasteiger partial charge is 0.539 e. The molecule has 0 aliphatic rings. The summed E-state index contributed by atoms with van der Waals surface area (Å²) in [7, 11) is -2.05. The summed E-state index contributed by atoms with van der Waals surface area (Å²) in [5.74, 6) is 2.44. The van der Waals surface area contributed by atoms with Crippen LogP contribution in [0.1, 0.15) is 26.5 Å². The Morgan fingerprint density at radius 2 is 2.10 bits per heavy atom. The number of hydrogen-bond acceptors (Lipinski definition) is 4. The molecule has 1 aromatic rings. The van der Waals surface area contributed by atoms with Crippen LogP contribution in [0.2, 0.25) is 18.1 Å². The van der Waals surface area contributed by atoms with E-state index >= 15 is 0 Å². The third kappa shape index (κ3) is 4.28. The Hall–Kier alpha value is -0.943. The van der Waals surface area contributed by atoms with Gasteiger partial charge in [0.25, 0.3) is 8.32 Å². The number of thioether (sulfide) groups is 1. The highest BCUT2D eigenvalue weighted by Crippen LogP contribution is 2.37. The zero-order chi connectivity index (χ0) is 15.4. The van der Waals surface area contributed by atoms with Crippen molar-refractivity contribution in [2.24, 2.45) is 0 Å². The first-order valence-corrected chi connectivity index (χ1v) is 10.7. The lowest BCUT2D eigenvalue weighted by molar-refractivity contribution is 0.432. The lowest BCUT2D eigenvalue weighted by Crippen LogP contribution is -2.45. The molecule has 1 rings (SSSR count). The Morgan fingerprint density at radius 1 is 1.45 bits per heavy atom. The predicted molar refractivity (Wildman–Crippen MR) is 89.2 cm³/mol. The van der Waals surface area contributed by atoms with Crippen LogP contribution in [0.4, 0.5) is 0 Å². The summed E-state index contributed by atoms with van der Waals surface area (Å²) in [5.41, 5.74) is -0.102.